The zero-order valence-corrected chi connectivity index (χ0v) is 10.5. The molecule has 0 bridgehead atoms. The average Bonchev–Trinajstić information content (AvgIpc) is 2.43. The molecular weight excluding hydrogens is 274 g/mol. The molecule has 0 amide bonds. The normalized spacial score (nSPS) is 10.4. The second-order valence-corrected chi connectivity index (χ2v) is 4.03. The van der Waals surface area contributed by atoms with Crippen LogP contribution in [0.4, 0.5) is 23.2 Å². The van der Waals surface area contributed by atoms with Gasteiger partial charge in [0.1, 0.15) is 5.82 Å². The van der Waals surface area contributed by atoms with Crippen LogP contribution in [-0.2, 0) is 6.54 Å². The lowest BCUT2D eigenvalue weighted by atomic mass is 10.2. The third-order valence-corrected chi connectivity index (χ3v) is 2.74. The Bertz CT molecular complexity index is 631. The Kier molecular flexibility index (Phi) is 4.12. The maximum absolute atomic E-state index is 13.8. The molecule has 2 rings (SSSR count). The first-order valence-corrected chi connectivity index (χ1v) is 5.72. The van der Waals surface area contributed by atoms with Gasteiger partial charge in [0, 0.05) is 24.2 Å². The largest absolute Gasteiger partial charge is 0.494 e. The van der Waals surface area contributed by atoms with E-state index < -0.39 is 23.3 Å². The molecule has 0 aliphatic heterocycles. The fraction of sp³-hybridized carbons (Fsp3) is 0.143. The van der Waals surface area contributed by atoms with Gasteiger partial charge in [0.25, 0.3) is 0 Å². The molecule has 106 valence electrons. The second kappa shape index (κ2) is 5.81. The van der Waals surface area contributed by atoms with Crippen molar-refractivity contribution in [3.05, 3.63) is 59.2 Å². The highest BCUT2D eigenvalue weighted by Gasteiger charge is 2.12. The van der Waals surface area contributed by atoms with E-state index in [0.717, 1.165) is 0 Å². The predicted molar refractivity (Wildman–Crippen MR) is 66.6 cm³/mol. The molecule has 0 spiro atoms. The van der Waals surface area contributed by atoms with E-state index in [1.165, 1.54) is 19.2 Å². The first-order chi connectivity index (χ1) is 9.52. The summed E-state index contributed by atoms with van der Waals surface area (Å²) in [5.41, 5.74) is -0.0281. The topological polar surface area (TPSA) is 21.3 Å². The molecule has 0 saturated carbocycles. The van der Waals surface area contributed by atoms with Crippen LogP contribution >= 0.6 is 0 Å². The van der Waals surface area contributed by atoms with Gasteiger partial charge in [0.15, 0.2) is 23.2 Å². The minimum atomic E-state index is -1.28. The summed E-state index contributed by atoms with van der Waals surface area (Å²) in [7, 11) is 1.32. The maximum atomic E-state index is 13.8. The molecule has 0 aromatic heterocycles. The SMILES string of the molecule is COc1cccc(CNc2cc(F)c(F)cc2F)c1F. The van der Waals surface area contributed by atoms with E-state index in [2.05, 4.69) is 5.32 Å². The standard InChI is InChI=1S/C14H11F4NO/c1-20-13-4-2-3-8(14(13)18)7-19-12-6-10(16)9(15)5-11(12)17/h2-6,19H,7H2,1H3. The molecule has 0 unspecified atom stereocenters. The third-order valence-electron chi connectivity index (χ3n) is 2.74. The number of nitrogens with one attached hydrogen (secondary N) is 1. The highest BCUT2D eigenvalue weighted by molar-refractivity contribution is 5.46. The van der Waals surface area contributed by atoms with E-state index in [1.54, 1.807) is 6.07 Å². The molecule has 0 saturated heterocycles. The van der Waals surface area contributed by atoms with E-state index in [1.807, 2.05) is 0 Å². The van der Waals surface area contributed by atoms with Crippen molar-refractivity contribution < 1.29 is 22.3 Å². The maximum Gasteiger partial charge on any atom is 0.170 e. The first-order valence-electron chi connectivity index (χ1n) is 5.72. The van der Waals surface area contributed by atoms with Gasteiger partial charge in [-0.2, -0.15) is 0 Å². The van der Waals surface area contributed by atoms with Crippen molar-refractivity contribution in [3.8, 4) is 5.75 Å². The summed E-state index contributed by atoms with van der Waals surface area (Å²) in [5.74, 6) is -3.95. The van der Waals surface area contributed by atoms with Crippen LogP contribution in [0.15, 0.2) is 30.3 Å². The second-order valence-electron chi connectivity index (χ2n) is 4.03. The number of ether oxygens (including phenoxy) is 1. The molecule has 0 radical (unpaired) electrons. The number of halogens is 4. The number of hydrogen-bond donors (Lipinski definition) is 1. The molecule has 0 heterocycles. The zero-order chi connectivity index (χ0) is 14.7. The fourth-order valence-electron chi connectivity index (χ4n) is 1.70. The van der Waals surface area contributed by atoms with Gasteiger partial charge in [-0.15, -0.1) is 0 Å². The van der Waals surface area contributed by atoms with Crippen molar-refractivity contribution in [2.45, 2.75) is 6.54 Å². The van der Waals surface area contributed by atoms with Crippen LogP contribution in [0.2, 0.25) is 0 Å². The monoisotopic (exact) mass is 285 g/mol. The minimum absolute atomic E-state index is 0.0510. The highest BCUT2D eigenvalue weighted by Crippen LogP contribution is 2.23. The lowest BCUT2D eigenvalue weighted by molar-refractivity contribution is 0.384. The molecule has 20 heavy (non-hydrogen) atoms. The van der Waals surface area contributed by atoms with Gasteiger partial charge >= 0.3 is 0 Å². The molecular formula is C14H11F4NO. The average molecular weight is 285 g/mol. The Labute approximate surface area is 113 Å². The summed E-state index contributed by atoms with van der Waals surface area (Å²) < 4.78 is 57.8. The van der Waals surface area contributed by atoms with E-state index >= 15 is 0 Å². The summed E-state index contributed by atoms with van der Waals surface area (Å²) in [6.45, 7) is -0.0922. The first kappa shape index (κ1) is 14.2. The summed E-state index contributed by atoms with van der Waals surface area (Å²) in [6.07, 6.45) is 0. The van der Waals surface area contributed by atoms with Crippen molar-refractivity contribution in [1.29, 1.82) is 0 Å². The van der Waals surface area contributed by atoms with E-state index in [-0.39, 0.29) is 23.5 Å². The van der Waals surface area contributed by atoms with E-state index in [0.29, 0.717) is 12.1 Å². The van der Waals surface area contributed by atoms with Gasteiger partial charge in [-0.1, -0.05) is 12.1 Å². The van der Waals surface area contributed by atoms with Crippen LogP contribution in [0.5, 0.6) is 5.75 Å². The summed E-state index contributed by atoms with van der Waals surface area (Å²) in [4.78, 5) is 0. The van der Waals surface area contributed by atoms with Gasteiger partial charge in [0.2, 0.25) is 0 Å². The number of hydrogen-bond acceptors (Lipinski definition) is 2. The molecule has 2 aromatic rings. The predicted octanol–water partition coefficient (Wildman–Crippen LogP) is 3.86. The van der Waals surface area contributed by atoms with Gasteiger partial charge in [0.05, 0.1) is 12.8 Å². The van der Waals surface area contributed by atoms with Crippen LogP contribution < -0.4 is 10.1 Å². The molecule has 2 aromatic carbocycles. The van der Waals surface area contributed by atoms with Gasteiger partial charge in [-0.3, -0.25) is 0 Å². The molecule has 1 N–H and O–H groups in total. The van der Waals surface area contributed by atoms with Crippen LogP contribution in [0.1, 0.15) is 5.56 Å². The van der Waals surface area contributed by atoms with Gasteiger partial charge < -0.3 is 10.1 Å². The molecule has 6 heteroatoms. The van der Waals surface area contributed by atoms with Crippen molar-refractivity contribution in [2.75, 3.05) is 12.4 Å². The smallest absolute Gasteiger partial charge is 0.170 e. The Morgan fingerprint density at radius 1 is 1.00 bits per heavy atom. The number of methoxy groups -OCH3 is 1. The summed E-state index contributed by atoms with van der Waals surface area (Å²) in [5, 5.41) is 2.51. The Hall–Kier alpha value is -2.24. The lowest BCUT2D eigenvalue weighted by Gasteiger charge is -2.10. The van der Waals surface area contributed by atoms with Gasteiger partial charge in [-0.05, 0) is 6.07 Å². The molecule has 0 aliphatic carbocycles. The summed E-state index contributed by atoms with van der Waals surface area (Å²) in [6, 6.07) is 5.60. The van der Waals surface area contributed by atoms with Crippen molar-refractivity contribution >= 4 is 5.69 Å². The Morgan fingerprint density at radius 2 is 1.70 bits per heavy atom. The van der Waals surface area contributed by atoms with Crippen molar-refractivity contribution in [3.63, 3.8) is 0 Å². The number of rotatable bonds is 4. The third kappa shape index (κ3) is 2.84. The summed E-state index contributed by atoms with van der Waals surface area (Å²) >= 11 is 0. The quantitative estimate of drug-likeness (QED) is 0.680. The molecule has 0 atom stereocenters. The van der Waals surface area contributed by atoms with Crippen LogP contribution in [-0.4, -0.2) is 7.11 Å². The fourth-order valence-corrected chi connectivity index (χ4v) is 1.70. The Morgan fingerprint density at radius 3 is 2.40 bits per heavy atom. The minimum Gasteiger partial charge on any atom is -0.494 e. The van der Waals surface area contributed by atoms with E-state index in [9.17, 15) is 17.6 Å². The number of benzene rings is 2. The van der Waals surface area contributed by atoms with Crippen LogP contribution in [0, 0.1) is 23.3 Å². The van der Waals surface area contributed by atoms with Crippen molar-refractivity contribution in [2.24, 2.45) is 0 Å². The lowest BCUT2D eigenvalue weighted by Crippen LogP contribution is -2.05. The van der Waals surface area contributed by atoms with Gasteiger partial charge in [-0.25, -0.2) is 17.6 Å². The van der Waals surface area contributed by atoms with Crippen LogP contribution in [0.3, 0.4) is 0 Å². The van der Waals surface area contributed by atoms with Crippen molar-refractivity contribution in [1.82, 2.24) is 0 Å². The number of anilines is 1. The zero-order valence-electron chi connectivity index (χ0n) is 10.5. The molecule has 2 nitrogen and oxygen atoms in total. The van der Waals surface area contributed by atoms with Crippen LogP contribution in [0.25, 0.3) is 0 Å². The molecule has 0 aliphatic rings. The Balaban J connectivity index is 2.19. The highest BCUT2D eigenvalue weighted by atomic mass is 19.2. The molecule has 0 fully saturated rings. The van der Waals surface area contributed by atoms with E-state index in [4.69, 9.17) is 4.74 Å².